The summed E-state index contributed by atoms with van der Waals surface area (Å²) < 4.78 is 6.75. The van der Waals surface area contributed by atoms with Gasteiger partial charge in [-0.25, -0.2) is 4.79 Å². The first-order valence-corrected chi connectivity index (χ1v) is 5.99. The SMILES string of the molecule is C#CCNC(C(=O)OCC)c1cn(C)nc1CC. The lowest BCUT2D eigenvalue weighted by atomic mass is 10.1. The third-order valence-corrected chi connectivity index (χ3v) is 2.51. The highest BCUT2D eigenvalue weighted by Gasteiger charge is 2.25. The highest BCUT2D eigenvalue weighted by atomic mass is 16.5. The molecule has 0 aromatic carbocycles. The fourth-order valence-corrected chi connectivity index (χ4v) is 1.78. The lowest BCUT2D eigenvalue weighted by molar-refractivity contribution is -0.145. The van der Waals surface area contributed by atoms with Crippen LogP contribution in [-0.2, 0) is 23.0 Å². The molecule has 1 heterocycles. The zero-order chi connectivity index (χ0) is 13.5. The Morgan fingerprint density at radius 1 is 1.67 bits per heavy atom. The van der Waals surface area contributed by atoms with E-state index in [1.54, 1.807) is 11.6 Å². The zero-order valence-electron chi connectivity index (χ0n) is 11.1. The maximum Gasteiger partial charge on any atom is 0.327 e. The summed E-state index contributed by atoms with van der Waals surface area (Å²) in [4.78, 5) is 11.9. The maximum absolute atomic E-state index is 11.9. The van der Waals surface area contributed by atoms with E-state index in [1.807, 2.05) is 20.2 Å². The molecule has 98 valence electrons. The summed E-state index contributed by atoms with van der Waals surface area (Å²) in [6.45, 7) is 4.42. The second-order valence-corrected chi connectivity index (χ2v) is 3.83. The molecule has 0 spiro atoms. The van der Waals surface area contributed by atoms with E-state index in [-0.39, 0.29) is 5.97 Å². The fourth-order valence-electron chi connectivity index (χ4n) is 1.78. The number of aryl methyl sites for hydroxylation is 2. The van der Waals surface area contributed by atoms with Crippen LogP contribution in [-0.4, -0.2) is 28.9 Å². The van der Waals surface area contributed by atoms with Gasteiger partial charge in [-0.05, 0) is 13.3 Å². The van der Waals surface area contributed by atoms with Crippen molar-refractivity contribution >= 4 is 5.97 Å². The first-order chi connectivity index (χ1) is 8.63. The highest BCUT2D eigenvalue weighted by molar-refractivity contribution is 5.78. The van der Waals surface area contributed by atoms with Crippen LogP contribution in [0.2, 0.25) is 0 Å². The maximum atomic E-state index is 11.9. The Labute approximate surface area is 108 Å². The molecule has 5 nitrogen and oxygen atoms in total. The van der Waals surface area contributed by atoms with Crippen molar-refractivity contribution in [3.63, 3.8) is 0 Å². The van der Waals surface area contributed by atoms with E-state index in [1.165, 1.54) is 0 Å². The number of rotatable bonds is 6. The van der Waals surface area contributed by atoms with Crippen molar-refractivity contribution in [1.82, 2.24) is 15.1 Å². The van der Waals surface area contributed by atoms with E-state index in [0.29, 0.717) is 13.2 Å². The second-order valence-electron chi connectivity index (χ2n) is 3.83. The van der Waals surface area contributed by atoms with Crippen molar-refractivity contribution in [1.29, 1.82) is 0 Å². The topological polar surface area (TPSA) is 56.1 Å². The Balaban J connectivity index is 3.00. The summed E-state index contributed by atoms with van der Waals surface area (Å²) in [6, 6.07) is -0.551. The smallest absolute Gasteiger partial charge is 0.327 e. The predicted octanol–water partition coefficient (Wildman–Crippen LogP) is 0.809. The van der Waals surface area contributed by atoms with Crippen LogP contribution in [0.15, 0.2) is 6.20 Å². The number of hydrogen-bond donors (Lipinski definition) is 1. The average molecular weight is 249 g/mol. The first kappa shape index (κ1) is 14.3. The number of ether oxygens (including phenoxy) is 1. The van der Waals surface area contributed by atoms with Crippen LogP contribution in [0.5, 0.6) is 0 Å². The van der Waals surface area contributed by atoms with Gasteiger partial charge < -0.3 is 4.74 Å². The fraction of sp³-hybridized carbons (Fsp3) is 0.538. The predicted molar refractivity (Wildman–Crippen MR) is 68.8 cm³/mol. The zero-order valence-corrected chi connectivity index (χ0v) is 11.1. The lowest BCUT2D eigenvalue weighted by Gasteiger charge is -2.15. The molecular weight excluding hydrogens is 230 g/mol. The van der Waals surface area contributed by atoms with Gasteiger partial charge in [-0.15, -0.1) is 6.42 Å². The summed E-state index contributed by atoms with van der Waals surface area (Å²) in [6.07, 6.45) is 7.80. The molecule has 0 amide bonds. The Morgan fingerprint density at radius 3 is 2.94 bits per heavy atom. The molecule has 0 aliphatic carbocycles. The van der Waals surface area contributed by atoms with Crippen LogP contribution in [0.3, 0.4) is 0 Å². The molecule has 1 aromatic rings. The molecule has 0 saturated heterocycles. The Hall–Kier alpha value is -1.80. The van der Waals surface area contributed by atoms with E-state index in [9.17, 15) is 4.79 Å². The van der Waals surface area contributed by atoms with Crippen molar-refractivity contribution in [2.75, 3.05) is 13.2 Å². The van der Waals surface area contributed by atoms with E-state index < -0.39 is 6.04 Å². The van der Waals surface area contributed by atoms with Gasteiger partial charge in [0.1, 0.15) is 6.04 Å². The summed E-state index contributed by atoms with van der Waals surface area (Å²) in [5, 5.41) is 7.31. The second kappa shape index (κ2) is 6.82. The van der Waals surface area contributed by atoms with Crippen molar-refractivity contribution in [3.05, 3.63) is 17.5 Å². The van der Waals surface area contributed by atoms with Crippen LogP contribution < -0.4 is 5.32 Å². The molecule has 5 heteroatoms. The summed E-state index contributed by atoms with van der Waals surface area (Å²) in [5.41, 5.74) is 1.70. The van der Waals surface area contributed by atoms with E-state index >= 15 is 0 Å². The summed E-state index contributed by atoms with van der Waals surface area (Å²) in [7, 11) is 1.83. The van der Waals surface area contributed by atoms with Gasteiger partial charge in [0, 0.05) is 18.8 Å². The van der Waals surface area contributed by atoms with Crippen molar-refractivity contribution in [2.45, 2.75) is 26.3 Å². The monoisotopic (exact) mass is 249 g/mol. The van der Waals surface area contributed by atoms with Crippen molar-refractivity contribution in [2.24, 2.45) is 7.05 Å². The molecule has 0 fully saturated rings. The van der Waals surface area contributed by atoms with E-state index in [4.69, 9.17) is 11.2 Å². The Morgan fingerprint density at radius 2 is 2.39 bits per heavy atom. The molecule has 1 rings (SSSR count). The van der Waals surface area contributed by atoms with Gasteiger partial charge in [0.05, 0.1) is 18.8 Å². The van der Waals surface area contributed by atoms with Crippen LogP contribution in [0.25, 0.3) is 0 Å². The minimum Gasteiger partial charge on any atom is -0.465 e. The molecule has 0 saturated carbocycles. The molecule has 1 N–H and O–H groups in total. The largest absolute Gasteiger partial charge is 0.465 e. The van der Waals surface area contributed by atoms with Gasteiger partial charge in [-0.1, -0.05) is 12.8 Å². The van der Waals surface area contributed by atoms with Gasteiger partial charge in [0.15, 0.2) is 0 Å². The molecule has 0 aliphatic rings. The molecule has 0 aliphatic heterocycles. The third kappa shape index (κ3) is 3.34. The van der Waals surface area contributed by atoms with Gasteiger partial charge in [0.25, 0.3) is 0 Å². The molecule has 0 bridgehead atoms. The molecule has 1 atom stereocenters. The molecule has 18 heavy (non-hydrogen) atoms. The van der Waals surface area contributed by atoms with Crippen LogP contribution in [0.1, 0.15) is 31.1 Å². The minimum absolute atomic E-state index is 0.307. The van der Waals surface area contributed by atoms with Crippen LogP contribution >= 0.6 is 0 Å². The number of aromatic nitrogens is 2. The number of hydrogen-bond acceptors (Lipinski definition) is 4. The first-order valence-electron chi connectivity index (χ1n) is 5.99. The van der Waals surface area contributed by atoms with Gasteiger partial charge in [-0.2, -0.15) is 5.10 Å². The Bertz CT molecular complexity index is 446. The summed E-state index contributed by atoms with van der Waals surface area (Å²) >= 11 is 0. The number of nitrogens with zero attached hydrogens (tertiary/aromatic N) is 2. The van der Waals surface area contributed by atoms with E-state index in [0.717, 1.165) is 17.7 Å². The van der Waals surface area contributed by atoms with Crippen molar-refractivity contribution in [3.8, 4) is 12.3 Å². The number of carbonyl (C=O) groups excluding carboxylic acids is 1. The normalized spacial score (nSPS) is 11.9. The highest BCUT2D eigenvalue weighted by Crippen LogP contribution is 2.19. The molecule has 0 radical (unpaired) electrons. The molecular formula is C13H19N3O2. The standard InChI is InChI=1S/C13H19N3O2/c1-5-8-14-12(13(17)18-7-3)10-9-16(4)15-11(10)6-2/h1,9,12,14H,6-8H2,2-4H3. The number of carbonyl (C=O) groups is 1. The minimum atomic E-state index is -0.551. The lowest BCUT2D eigenvalue weighted by Crippen LogP contribution is -2.31. The average Bonchev–Trinajstić information content (AvgIpc) is 2.71. The van der Waals surface area contributed by atoms with Crippen LogP contribution in [0.4, 0.5) is 0 Å². The number of nitrogens with one attached hydrogen (secondary N) is 1. The quantitative estimate of drug-likeness (QED) is 0.599. The third-order valence-electron chi connectivity index (χ3n) is 2.51. The van der Waals surface area contributed by atoms with Crippen molar-refractivity contribution < 1.29 is 9.53 Å². The number of esters is 1. The molecule has 1 unspecified atom stereocenters. The molecule has 1 aromatic heterocycles. The van der Waals surface area contributed by atoms with Crippen LogP contribution in [0, 0.1) is 12.3 Å². The van der Waals surface area contributed by atoms with E-state index in [2.05, 4.69) is 16.3 Å². The summed E-state index contributed by atoms with van der Waals surface area (Å²) in [5.74, 6) is 2.14. The van der Waals surface area contributed by atoms with Gasteiger partial charge in [-0.3, -0.25) is 10.00 Å². The van der Waals surface area contributed by atoms with Gasteiger partial charge in [0.2, 0.25) is 0 Å². The van der Waals surface area contributed by atoms with Gasteiger partial charge >= 0.3 is 5.97 Å². The Kier molecular flexibility index (Phi) is 5.40. The number of terminal acetylenes is 1.